The van der Waals surface area contributed by atoms with Crippen LogP contribution in [0.1, 0.15) is 6.42 Å². The van der Waals surface area contributed by atoms with Crippen LogP contribution in [0.3, 0.4) is 0 Å². The van der Waals surface area contributed by atoms with Crippen LogP contribution >= 0.6 is 11.3 Å². The summed E-state index contributed by atoms with van der Waals surface area (Å²) in [5, 5.41) is 13.7. The summed E-state index contributed by atoms with van der Waals surface area (Å²) in [6, 6.07) is 14.9. The molecule has 196 valence electrons. The maximum Gasteiger partial charge on any atom is 0.191 e. The van der Waals surface area contributed by atoms with Crippen molar-refractivity contribution >= 4 is 28.7 Å². The van der Waals surface area contributed by atoms with Crippen molar-refractivity contribution in [3.63, 3.8) is 0 Å². The lowest BCUT2D eigenvalue weighted by molar-refractivity contribution is 0.0662. The van der Waals surface area contributed by atoms with Crippen molar-refractivity contribution in [1.29, 1.82) is 5.41 Å². The van der Waals surface area contributed by atoms with Gasteiger partial charge in [-0.1, -0.05) is 12.1 Å². The Morgan fingerprint density at radius 1 is 0.946 bits per heavy atom. The molecule has 0 aliphatic carbocycles. The first kappa shape index (κ1) is 25.4. The summed E-state index contributed by atoms with van der Waals surface area (Å²) in [5.74, 6) is 0.182. The summed E-state index contributed by atoms with van der Waals surface area (Å²) in [7, 11) is 0. The number of halogens is 1. The van der Waals surface area contributed by atoms with Gasteiger partial charge in [-0.15, -0.1) is 11.3 Å². The average molecular weight is 525 g/mol. The predicted molar refractivity (Wildman–Crippen MR) is 145 cm³/mol. The second-order valence-electron chi connectivity index (χ2n) is 9.02. The molecule has 0 bridgehead atoms. The lowest BCUT2D eigenvalue weighted by Crippen LogP contribution is -2.47. The average Bonchev–Trinajstić information content (AvgIpc) is 3.35. The van der Waals surface area contributed by atoms with Gasteiger partial charge < -0.3 is 29.2 Å². The van der Waals surface area contributed by atoms with E-state index in [2.05, 4.69) is 44.4 Å². The van der Waals surface area contributed by atoms with E-state index >= 15 is 0 Å². The molecule has 2 fully saturated rings. The minimum Gasteiger partial charge on any atom is -0.378 e. The Bertz CT molecular complexity index is 1230. The molecule has 37 heavy (non-hydrogen) atoms. The standard InChI is InChI=1S/C27H33FN6O2S/c28-22-4-6-23(7-5-22)31-27-34(11-1-10-30-26(29)33-14-18-36-19-15-33)25(20-37-27)21-2-8-24(9-3-21)32-12-16-35-17-13-32/h2-9,20H,1,10-19H2,(H2,29,30)/b31-27+. The van der Waals surface area contributed by atoms with E-state index in [1.54, 1.807) is 23.5 Å². The van der Waals surface area contributed by atoms with Crippen LogP contribution in [-0.4, -0.2) is 74.6 Å². The zero-order valence-corrected chi connectivity index (χ0v) is 21.7. The minimum atomic E-state index is -0.271. The quantitative estimate of drug-likeness (QED) is 0.280. The summed E-state index contributed by atoms with van der Waals surface area (Å²) in [6.07, 6.45) is 0.832. The lowest BCUT2D eigenvalue weighted by atomic mass is 10.1. The second-order valence-corrected chi connectivity index (χ2v) is 9.85. The number of morpholine rings is 2. The number of hydrogen-bond acceptors (Lipinski definition) is 6. The first-order chi connectivity index (χ1) is 18.2. The van der Waals surface area contributed by atoms with Gasteiger partial charge in [0.1, 0.15) is 5.82 Å². The zero-order valence-electron chi connectivity index (χ0n) is 20.9. The highest BCUT2D eigenvalue weighted by Gasteiger charge is 2.15. The first-order valence-corrected chi connectivity index (χ1v) is 13.6. The number of anilines is 1. The highest BCUT2D eigenvalue weighted by atomic mass is 32.1. The number of ether oxygens (including phenoxy) is 2. The van der Waals surface area contributed by atoms with Gasteiger partial charge in [0.05, 0.1) is 37.8 Å². The van der Waals surface area contributed by atoms with E-state index in [1.165, 1.54) is 17.8 Å². The SMILES string of the molecule is N=C(NCCCn1c(-c2ccc(N3CCOCC3)cc2)cs/c1=N/c1ccc(F)cc1)N1CCOCC1. The second kappa shape index (κ2) is 12.4. The molecule has 1 aromatic heterocycles. The van der Waals surface area contributed by atoms with E-state index in [9.17, 15) is 4.39 Å². The molecule has 2 aromatic carbocycles. The largest absolute Gasteiger partial charge is 0.378 e. The van der Waals surface area contributed by atoms with E-state index in [0.717, 1.165) is 74.1 Å². The van der Waals surface area contributed by atoms with Crippen LogP contribution in [0.15, 0.2) is 58.9 Å². The molecule has 0 saturated carbocycles. The van der Waals surface area contributed by atoms with E-state index in [-0.39, 0.29) is 5.82 Å². The number of thiazole rings is 1. The maximum atomic E-state index is 13.4. The molecule has 0 atom stereocenters. The van der Waals surface area contributed by atoms with Crippen LogP contribution in [0.4, 0.5) is 15.8 Å². The summed E-state index contributed by atoms with van der Waals surface area (Å²) in [4.78, 5) is 10.0. The number of aromatic nitrogens is 1. The van der Waals surface area contributed by atoms with Crippen molar-refractivity contribution < 1.29 is 13.9 Å². The van der Waals surface area contributed by atoms with Crippen molar-refractivity contribution in [3.05, 3.63) is 64.5 Å². The molecule has 3 heterocycles. The fourth-order valence-electron chi connectivity index (χ4n) is 4.50. The molecular formula is C27H33FN6O2S. The minimum absolute atomic E-state index is 0.271. The van der Waals surface area contributed by atoms with Crippen molar-refractivity contribution in [2.24, 2.45) is 4.99 Å². The van der Waals surface area contributed by atoms with Gasteiger partial charge in [-0.3, -0.25) is 5.41 Å². The number of nitrogens with zero attached hydrogens (tertiary/aromatic N) is 4. The predicted octanol–water partition coefficient (Wildman–Crippen LogP) is 3.67. The Hall–Kier alpha value is -3.21. The molecule has 0 unspecified atom stereocenters. The third-order valence-electron chi connectivity index (χ3n) is 6.57. The van der Waals surface area contributed by atoms with E-state index in [1.807, 2.05) is 4.90 Å². The van der Waals surface area contributed by atoms with Gasteiger partial charge in [-0.2, -0.15) is 0 Å². The van der Waals surface area contributed by atoms with Gasteiger partial charge in [0.25, 0.3) is 0 Å². The highest BCUT2D eigenvalue weighted by Crippen LogP contribution is 2.25. The van der Waals surface area contributed by atoms with Gasteiger partial charge in [0.15, 0.2) is 10.8 Å². The Morgan fingerprint density at radius 3 is 2.32 bits per heavy atom. The molecule has 2 aliphatic rings. The van der Waals surface area contributed by atoms with E-state index < -0.39 is 0 Å². The van der Waals surface area contributed by atoms with Gasteiger partial charge in [0.2, 0.25) is 0 Å². The monoisotopic (exact) mass is 524 g/mol. The third kappa shape index (κ3) is 6.57. The van der Waals surface area contributed by atoms with Crippen LogP contribution in [0.5, 0.6) is 0 Å². The van der Waals surface area contributed by atoms with Gasteiger partial charge in [-0.25, -0.2) is 9.38 Å². The Labute approximate surface area is 220 Å². The topological polar surface area (TPSA) is 78.1 Å². The first-order valence-electron chi connectivity index (χ1n) is 12.7. The fourth-order valence-corrected chi connectivity index (χ4v) is 5.45. The zero-order chi connectivity index (χ0) is 25.5. The normalized spacial score (nSPS) is 16.7. The smallest absolute Gasteiger partial charge is 0.191 e. The van der Waals surface area contributed by atoms with Gasteiger partial charge in [-0.05, 0) is 48.4 Å². The molecule has 0 amide bonds. The van der Waals surface area contributed by atoms with Crippen molar-refractivity contribution in [2.75, 3.05) is 64.1 Å². The molecular weight excluding hydrogens is 491 g/mol. The number of nitrogens with one attached hydrogen (secondary N) is 2. The van der Waals surface area contributed by atoms with Crippen molar-refractivity contribution in [1.82, 2.24) is 14.8 Å². The molecule has 3 aromatic rings. The van der Waals surface area contributed by atoms with Crippen LogP contribution in [0.25, 0.3) is 11.3 Å². The number of rotatable bonds is 7. The molecule has 0 radical (unpaired) electrons. The van der Waals surface area contributed by atoms with Gasteiger partial charge >= 0.3 is 0 Å². The number of hydrogen-bond donors (Lipinski definition) is 2. The Balaban J connectivity index is 1.33. The molecule has 5 rings (SSSR count). The lowest BCUT2D eigenvalue weighted by Gasteiger charge is -2.29. The Kier molecular flexibility index (Phi) is 8.49. The maximum absolute atomic E-state index is 13.4. The summed E-state index contributed by atoms with van der Waals surface area (Å²) >= 11 is 1.58. The van der Waals surface area contributed by atoms with Crippen molar-refractivity contribution in [2.45, 2.75) is 13.0 Å². The summed E-state index contributed by atoms with van der Waals surface area (Å²) < 4.78 is 26.5. The van der Waals surface area contributed by atoms with Crippen LogP contribution in [0.2, 0.25) is 0 Å². The van der Waals surface area contributed by atoms with E-state index in [4.69, 9.17) is 19.9 Å². The summed E-state index contributed by atoms with van der Waals surface area (Å²) in [6.45, 7) is 7.59. The molecule has 0 spiro atoms. The number of guanidine groups is 1. The third-order valence-corrected chi connectivity index (χ3v) is 7.43. The van der Waals surface area contributed by atoms with Crippen molar-refractivity contribution in [3.8, 4) is 11.3 Å². The number of benzene rings is 2. The highest BCUT2D eigenvalue weighted by molar-refractivity contribution is 7.07. The van der Waals surface area contributed by atoms with Crippen LogP contribution in [-0.2, 0) is 16.0 Å². The van der Waals surface area contributed by atoms with Crippen LogP contribution in [0, 0.1) is 11.2 Å². The molecule has 8 nitrogen and oxygen atoms in total. The molecule has 2 aliphatic heterocycles. The molecule has 2 N–H and O–H groups in total. The fraction of sp³-hybridized carbons (Fsp3) is 0.407. The van der Waals surface area contributed by atoms with E-state index in [0.29, 0.717) is 25.7 Å². The van der Waals surface area contributed by atoms with Gasteiger partial charge in [0, 0.05) is 50.3 Å². The molecule has 10 heteroatoms. The molecule has 2 saturated heterocycles. The Morgan fingerprint density at radius 2 is 1.62 bits per heavy atom. The summed E-state index contributed by atoms with van der Waals surface area (Å²) in [5.41, 5.74) is 4.15. The van der Waals surface area contributed by atoms with Crippen LogP contribution < -0.4 is 15.0 Å².